The third kappa shape index (κ3) is 5.70. The molecule has 0 spiro atoms. The summed E-state index contributed by atoms with van der Waals surface area (Å²) in [6, 6.07) is -1.19. The highest BCUT2D eigenvalue weighted by atomic mass is 19.4. The smallest absolute Gasteiger partial charge is 0.406 e. The number of nitrogens with zero attached hydrogens (tertiary/aromatic N) is 3. The van der Waals surface area contributed by atoms with Crippen molar-refractivity contribution in [2.24, 2.45) is 0 Å². The van der Waals surface area contributed by atoms with E-state index < -0.39 is 31.3 Å². The number of nitrogens with one attached hydrogen (secondary N) is 1. The van der Waals surface area contributed by atoms with Gasteiger partial charge in [-0.25, -0.2) is 4.79 Å². The van der Waals surface area contributed by atoms with Crippen LogP contribution in [0.4, 0.5) is 18.0 Å². The average Bonchev–Trinajstić information content (AvgIpc) is 2.75. The minimum absolute atomic E-state index is 0.0515. The number of carbonyl (C=O) groups excluding carboxylic acids is 1. The monoisotopic (exact) mass is 282 g/mol. The first-order valence-corrected chi connectivity index (χ1v) is 4.84. The van der Waals surface area contributed by atoms with E-state index in [4.69, 9.17) is 5.11 Å². The van der Waals surface area contributed by atoms with Gasteiger partial charge in [0.2, 0.25) is 6.39 Å². The van der Waals surface area contributed by atoms with Gasteiger partial charge in [-0.05, 0) is 0 Å². The van der Waals surface area contributed by atoms with Gasteiger partial charge in [-0.3, -0.25) is 4.79 Å². The maximum atomic E-state index is 12.2. The second kappa shape index (κ2) is 6.02. The van der Waals surface area contributed by atoms with Gasteiger partial charge in [-0.15, -0.1) is 0 Å². The lowest BCUT2D eigenvalue weighted by Crippen LogP contribution is -2.46. The highest BCUT2D eigenvalue weighted by Crippen LogP contribution is 2.16. The van der Waals surface area contributed by atoms with E-state index in [1.165, 1.54) is 0 Å². The van der Waals surface area contributed by atoms with E-state index in [0.717, 1.165) is 6.39 Å². The molecule has 2 amide bonds. The molecule has 0 aliphatic carbocycles. The molecule has 8 nitrogen and oxygen atoms in total. The van der Waals surface area contributed by atoms with Crippen LogP contribution in [0.25, 0.3) is 0 Å². The summed E-state index contributed by atoms with van der Waals surface area (Å²) >= 11 is 0. The van der Waals surface area contributed by atoms with Gasteiger partial charge in [0.05, 0.1) is 6.54 Å². The Kier molecular flexibility index (Phi) is 4.67. The zero-order valence-corrected chi connectivity index (χ0v) is 9.35. The predicted octanol–water partition coefficient (Wildman–Crippen LogP) is 0.228. The molecule has 11 heteroatoms. The fourth-order valence-electron chi connectivity index (χ4n) is 1.12. The molecule has 0 atom stereocenters. The number of alkyl halides is 3. The molecule has 0 radical (unpaired) electrons. The van der Waals surface area contributed by atoms with Crippen molar-refractivity contribution in [1.82, 2.24) is 20.4 Å². The van der Waals surface area contributed by atoms with Crippen molar-refractivity contribution >= 4 is 12.0 Å². The molecule has 0 aliphatic heterocycles. The van der Waals surface area contributed by atoms with E-state index in [0.29, 0.717) is 0 Å². The Balaban J connectivity index is 2.57. The fourth-order valence-corrected chi connectivity index (χ4v) is 1.12. The summed E-state index contributed by atoms with van der Waals surface area (Å²) in [5.41, 5.74) is 0. The van der Waals surface area contributed by atoms with E-state index in [1.807, 2.05) is 0 Å². The van der Waals surface area contributed by atoms with Gasteiger partial charge in [0, 0.05) is 0 Å². The van der Waals surface area contributed by atoms with E-state index in [1.54, 1.807) is 0 Å². The lowest BCUT2D eigenvalue weighted by molar-refractivity contribution is -0.148. The van der Waals surface area contributed by atoms with Crippen LogP contribution in [0.2, 0.25) is 0 Å². The first kappa shape index (κ1) is 14.7. The van der Waals surface area contributed by atoms with Gasteiger partial charge in [0.1, 0.15) is 13.1 Å². The van der Waals surface area contributed by atoms with Crippen molar-refractivity contribution < 1.29 is 32.4 Å². The molecule has 0 aromatic carbocycles. The number of hydrogen-bond acceptors (Lipinski definition) is 5. The van der Waals surface area contributed by atoms with Crippen molar-refractivity contribution in [3.63, 3.8) is 0 Å². The average molecular weight is 282 g/mol. The SMILES string of the molecule is O=C(O)CN(CC(F)(F)F)C(=O)NCc1ncon1. The molecule has 0 saturated heterocycles. The molecule has 106 valence electrons. The number of carboxylic acids is 1. The highest BCUT2D eigenvalue weighted by molar-refractivity contribution is 5.80. The number of amides is 2. The maximum absolute atomic E-state index is 12.2. The molecule has 2 N–H and O–H groups in total. The van der Waals surface area contributed by atoms with Gasteiger partial charge in [0.25, 0.3) is 0 Å². The Labute approximate surface area is 104 Å². The Morgan fingerprint density at radius 3 is 2.63 bits per heavy atom. The molecule has 0 bridgehead atoms. The van der Waals surface area contributed by atoms with E-state index >= 15 is 0 Å². The van der Waals surface area contributed by atoms with Gasteiger partial charge in [0.15, 0.2) is 5.82 Å². The second-order valence-corrected chi connectivity index (χ2v) is 3.37. The summed E-state index contributed by atoms with van der Waals surface area (Å²) < 4.78 is 40.9. The molecular weight excluding hydrogens is 273 g/mol. The van der Waals surface area contributed by atoms with E-state index in [2.05, 4.69) is 20.0 Å². The van der Waals surface area contributed by atoms with Crippen LogP contribution in [0, 0.1) is 0 Å². The Hall–Kier alpha value is -2.33. The van der Waals surface area contributed by atoms with Gasteiger partial charge < -0.3 is 19.8 Å². The largest absolute Gasteiger partial charge is 0.480 e. The second-order valence-electron chi connectivity index (χ2n) is 3.37. The molecule has 1 aromatic heterocycles. The summed E-state index contributed by atoms with van der Waals surface area (Å²) in [7, 11) is 0. The Morgan fingerprint density at radius 2 is 2.16 bits per heavy atom. The molecule has 19 heavy (non-hydrogen) atoms. The molecular formula is C8H9F3N4O4. The van der Waals surface area contributed by atoms with E-state index in [-0.39, 0.29) is 17.3 Å². The number of aliphatic carboxylic acids is 1. The fraction of sp³-hybridized carbons (Fsp3) is 0.500. The summed E-state index contributed by atoms with van der Waals surface area (Å²) in [6.45, 7) is -3.02. The zero-order valence-electron chi connectivity index (χ0n) is 9.35. The van der Waals surface area contributed by atoms with E-state index in [9.17, 15) is 22.8 Å². The minimum Gasteiger partial charge on any atom is -0.480 e. The number of carbonyl (C=O) groups is 2. The quantitative estimate of drug-likeness (QED) is 0.800. The molecule has 0 saturated carbocycles. The summed E-state index contributed by atoms with van der Waals surface area (Å²) in [5.74, 6) is -1.51. The van der Waals surface area contributed by atoms with Crippen molar-refractivity contribution in [1.29, 1.82) is 0 Å². The summed E-state index contributed by atoms with van der Waals surface area (Å²) in [4.78, 5) is 25.5. The number of hydrogen-bond donors (Lipinski definition) is 2. The van der Waals surface area contributed by atoms with Crippen LogP contribution >= 0.6 is 0 Å². The number of carboxylic acid groups (broad SMARTS) is 1. The topological polar surface area (TPSA) is 109 Å². The van der Waals surface area contributed by atoms with Gasteiger partial charge >= 0.3 is 18.2 Å². The van der Waals surface area contributed by atoms with Crippen molar-refractivity contribution in [3.8, 4) is 0 Å². The van der Waals surface area contributed by atoms with Crippen LogP contribution in [0.3, 0.4) is 0 Å². The maximum Gasteiger partial charge on any atom is 0.406 e. The number of rotatable bonds is 5. The lowest BCUT2D eigenvalue weighted by Gasteiger charge is -2.22. The normalized spacial score (nSPS) is 11.1. The molecule has 1 heterocycles. The first-order valence-electron chi connectivity index (χ1n) is 4.84. The van der Waals surface area contributed by atoms with Crippen LogP contribution < -0.4 is 5.32 Å². The molecule has 0 unspecified atom stereocenters. The van der Waals surface area contributed by atoms with Crippen LogP contribution in [0.5, 0.6) is 0 Å². The lowest BCUT2D eigenvalue weighted by atomic mass is 10.4. The van der Waals surface area contributed by atoms with Crippen molar-refractivity contribution in [3.05, 3.63) is 12.2 Å². The number of aromatic nitrogens is 2. The standard InChI is InChI=1S/C8H9F3N4O4/c9-8(10,11)3-15(2-6(16)17)7(18)12-1-5-13-4-19-14-5/h4H,1-3H2,(H,12,18)(H,16,17). The summed E-state index contributed by atoms with van der Waals surface area (Å²) in [5, 5.41) is 13.8. The Morgan fingerprint density at radius 1 is 1.47 bits per heavy atom. The van der Waals surface area contributed by atoms with Crippen molar-refractivity contribution in [2.75, 3.05) is 13.1 Å². The number of urea groups is 1. The molecule has 1 aromatic rings. The van der Waals surface area contributed by atoms with Crippen LogP contribution in [0.1, 0.15) is 5.82 Å². The number of halogens is 3. The molecule has 0 fully saturated rings. The van der Waals surface area contributed by atoms with Crippen LogP contribution in [-0.4, -0.2) is 51.4 Å². The molecule has 0 aliphatic rings. The third-order valence-corrected chi connectivity index (χ3v) is 1.79. The van der Waals surface area contributed by atoms with Crippen LogP contribution in [0.15, 0.2) is 10.9 Å². The van der Waals surface area contributed by atoms with Crippen molar-refractivity contribution in [2.45, 2.75) is 12.7 Å². The van der Waals surface area contributed by atoms with Crippen LogP contribution in [-0.2, 0) is 11.3 Å². The Bertz CT molecular complexity index is 434. The highest BCUT2D eigenvalue weighted by Gasteiger charge is 2.34. The van der Waals surface area contributed by atoms with Gasteiger partial charge in [-0.1, -0.05) is 5.16 Å². The predicted molar refractivity (Wildman–Crippen MR) is 51.8 cm³/mol. The zero-order chi connectivity index (χ0) is 14.5. The summed E-state index contributed by atoms with van der Waals surface area (Å²) in [6.07, 6.45) is -3.72. The minimum atomic E-state index is -4.70. The first-order chi connectivity index (χ1) is 8.78. The molecule has 1 rings (SSSR count). The third-order valence-electron chi connectivity index (χ3n) is 1.79. The van der Waals surface area contributed by atoms with Gasteiger partial charge in [-0.2, -0.15) is 18.2 Å².